The maximum atomic E-state index is 5.51. The van der Waals surface area contributed by atoms with Crippen molar-refractivity contribution in [2.45, 2.75) is 32.2 Å². The van der Waals surface area contributed by atoms with Gasteiger partial charge < -0.3 is 4.74 Å². The quantitative estimate of drug-likeness (QED) is 0.672. The minimum absolute atomic E-state index is 0.532. The fourth-order valence-electron chi connectivity index (χ4n) is 4.11. The van der Waals surface area contributed by atoms with Gasteiger partial charge in [0.1, 0.15) is 0 Å². The zero-order valence-electron chi connectivity index (χ0n) is 16.4. The summed E-state index contributed by atoms with van der Waals surface area (Å²) in [6, 6.07) is 6.20. The molecule has 2 fully saturated rings. The highest BCUT2D eigenvalue weighted by molar-refractivity contribution is 5.97. The van der Waals surface area contributed by atoms with Gasteiger partial charge in [0.05, 0.1) is 18.9 Å². The molecule has 0 aromatic carbocycles. The van der Waals surface area contributed by atoms with Crippen molar-refractivity contribution in [3.05, 3.63) is 42.2 Å². The summed E-state index contributed by atoms with van der Waals surface area (Å²) in [5.41, 5.74) is 2.90. The molecule has 1 aromatic rings. The maximum absolute atomic E-state index is 5.51. The first-order valence-corrected chi connectivity index (χ1v) is 10.4. The average Bonchev–Trinajstić information content (AvgIpc) is 3.48. The maximum Gasteiger partial charge on any atom is 0.0594 e. The number of hydrogen-bond donors (Lipinski definition) is 0. The van der Waals surface area contributed by atoms with E-state index >= 15 is 0 Å². The zero-order chi connectivity index (χ0) is 18.4. The summed E-state index contributed by atoms with van der Waals surface area (Å²) >= 11 is 0. The van der Waals surface area contributed by atoms with Crippen LogP contribution in [0, 0.1) is 5.41 Å². The predicted octanol–water partition coefficient (Wildman–Crippen LogP) is 2.79. The fraction of sp³-hybridized carbons (Fsp3) is 0.636. The number of aliphatic imine (C=N–C) groups is 1. The van der Waals surface area contributed by atoms with Crippen molar-refractivity contribution < 1.29 is 4.74 Å². The number of pyridine rings is 1. The van der Waals surface area contributed by atoms with Crippen LogP contribution in [0.25, 0.3) is 0 Å². The van der Waals surface area contributed by atoms with E-state index in [9.17, 15) is 0 Å². The normalized spacial score (nSPS) is 22.0. The lowest BCUT2D eigenvalue weighted by Crippen LogP contribution is -2.41. The standard InChI is InChI=1S/C22H32N4O/c1-3-10-23-20(5-1)17-26(18-21-6-2-4-11-24-21)12-9-22(7-8-22)19-25-13-15-27-16-14-25/h1-3,5-6,10H,4,7-9,11-19H2. The van der Waals surface area contributed by atoms with Crippen molar-refractivity contribution in [2.24, 2.45) is 10.4 Å². The Bertz CT molecular complexity index is 648. The molecule has 0 N–H and O–H groups in total. The minimum Gasteiger partial charge on any atom is -0.379 e. The van der Waals surface area contributed by atoms with Crippen molar-refractivity contribution in [1.29, 1.82) is 0 Å². The Morgan fingerprint density at radius 3 is 2.74 bits per heavy atom. The van der Waals surface area contributed by atoms with Crippen LogP contribution in [-0.2, 0) is 11.3 Å². The summed E-state index contributed by atoms with van der Waals surface area (Å²) in [4.78, 5) is 14.4. The van der Waals surface area contributed by atoms with Gasteiger partial charge in [-0.2, -0.15) is 0 Å². The second-order valence-corrected chi connectivity index (χ2v) is 8.23. The Labute approximate surface area is 163 Å². The molecule has 1 aromatic heterocycles. The third-order valence-corrected chi connectivity index (χ3v) is 6.00. The first-order valence-electron chi connectivity index (χ1n) is 10.4. The van der Waals surface area contributed by atoms with Crippen LogP contribution in [0.4, 0.5) is 0 Å². The number of dihydropyridines is 1. The van der Waals surface area contributed by atoms with Gasteiger partial charge in [0.15, 0.2) is 0 Å². The third kappa shape index (κ3) is 5.71. The highest BCUT2D eigenvalue weighted by atomic mass is 16.5. The van der Waals surface area contributed by atoms with Crippen molar-refractivity contribution >= 4 is 5.71 Å². The highest BCUT2D eigenvalue weighted by Gasteiger charge is 2.43. The molecule has 1 saturated carbocycles. The van der Waals surface area contributed by atoms with Gasteiger partial charge in [-0.15, -0.1) is 0 Å². The fourth-order valence-corrected chi connectivity index (χ4v) is 4.11. The zero-order valence-corrected chi connectivity index (χ0v) is 16.4. The molecule has 3 aliphatic rings. The van der Waals surface area contributed by atoms with E-state index in [2.05, 4.69) is 39.1 Å². The van der Waals surface area contributed by atoms with E-state index in [4.69, 9.17) is 9.73 Å². The van der Waals surface area contributed by atoms with Gasteiger partial charge in [-0.1, -0.05) is 12.1 Å². The smallest absolute Gasteiger partial charge is 0.0594 e. The minimum atomic E-state index is 0.532. The Morgan fingerprint density at radius 1 is 1.15 bits per heavy atom. The van der Waals surface area contributed by atoms with E-state index in [1.165, 1.54) is 31.5 Å². The Hall–Kier alpha value is -1.56. The number of hydrogen-bond acceptors (Lipinski definition) is 5. The summed E-state index contributed by atoms with van der Waals surface area (Å²) < 4.78 is 5.51. The van der Waals surface area contributed by atoms with E-state index in [1.807, 2.05) is 12.3 Å². The third-order valence-electron chi connectivity index (χ3n) is 6.00. The SMILES string of the molecule is C1=CC(CN(CCC2(CN3CCOCC3)CC2)Cc2ccccn2)=NCC1. The van der Waals surface area contributed by atoms with Gasteiger partial charge in [0.2, 0.25) is 0 Å². The summed E-state index contributed by atoms with van der Waals surface area (Å²) in [6.07, 6.45) is 11.5. The van der Waals surface area contributed by atoms with Gasteiger partial charge in [0, 0.05) is 51.2 Å². The van der Waals surface area contributed by atoms with E-state index in [0.717, 1.165) is 64.6 Å². The van der Waals surface area contributed by atoms with E-state index in [1.54, 1.807) is 0 Å². The van der Waals surface area contributed by atoms with Gasteiger partial charge in [-0.05, 0) is 55.9 Å². The molecule has 0 radical (unpaired) electrons. The van der Waals surface area contributed by atoms with Gasteiger partial charge >= 0.3 is 0 Å². The van der Waals surface area contributed by atoms with E-state index in [0.29, 0.717) is 5.41 Å². The average molecular weight is 369 g/mol. The van der Waals surface area contributed by atoms with Crippen molar-refractivity contribution in [2.75, 3.05) is 52.5 Å². The molecular formula is C22H32N4O. The largest absolute Gasteiger partial charge is 0.379 e. The summed E-state index contributed by atoms with van der Waals surface area (Å²) in [5.74, 6) is 0. The predicted molar refractivity (Wildman–Crippen MR) is 109 cm³/mol. The monoisotopic (exact) mass is 368 g/mol. The lowest BCUT2D eigenvalue weighted by molar-refractivity contribution is 0.0267. The van der Waals surface area contributed by atoms with E-state index in [-0.39, 0.29) is 0 Å². The molecule has 4 rings (SSSR count). The summed E-state index contributed by atoms with van der Waals surface area (Å²) in [5, 5.41) is 0. The first-order chi connectivity index (χ1) is 13.3. The summed E-state index contributed by atoms with van der Waals surface area (Å²) in [6.45, 7) is 9.12. The molecule has 0 bridgehead atoms. The molecule has 3 heterocycles. The van der Waals surface area contributed by atoms with Gasteiger partial charge in [-0.25, -0.2) is 0 Å². The molecule has 5 heteroatoms. The topological polar surface area (TPSA) is 41.0 Å². The number of nitrogens with zero attached hydrogens (tertiary/aromatic N) is 4. The van der Waals surface area contributed by atoms with Crippen molar-refractivity contribution in [3.63, 3.8) is 0 Å². The van der Waals surface area contributed by atoms with E-state index < -0.39 is 0 Å². The number of ether oxygens (including phenoxy) is 1. The molecule has 0 atom stereocenters. The van der Waals surface area contributed by atoms with Gasteiger partial charge in [-0.3, -0.25) is 19.8 Å². The molecule has 0 spiro atoms. The molecular weight excluding hydrogens is 336 g/mol. The second kappa shape index (κ2) is 9.09. The highest BCUT2D eigenvalue weighted by Crippen LogP contribution is 2.49. The van der Waals surface area contributed by atoms with Gasteiger partial charge in [0.25, 0.3) is 0 Å². The van der Waals surface area contributed by atoms with Crippen LogP contribution in [0.5, 0.6) is 0 Å². The molecule has 0 unspecified atom stereocenters. The lowest BCUT2D eigenvalue weighted by atomic mass is 10.0. The van der Waals surface area contributed by atoms with Crippen molar-refractivity contribution in [1.82, 2.24) is 14.8 Å². The second-order valence-electron chi connectivity index (χ2n) is 8.23. The van der Waals surface area contributed by atoms with Crippen LogP contribution in [-0.4, -0.2) is 73.0 Å². The molecule has 2 aliphatic heterocycles. The molecule has 0 amide bonds. The Balaban J connectivity index is 1.34. The van der Waals surface area contributed by atoms with Crippen molar-refractivity contribution in [3.8, 4) is 0 Å². The van der Waals surface area contributed by atoms with Crippen LogP contribution >= 0.6 is 0 Å². The van der Waals surface area contributed by atoms with Crippen LogP contribution in [0.3, 0.4) is 0 Å². The number of aromatic nitrogens is 1. The van der Waals surface area contributed by atoms with Crippen LogP contribution in [0.2, 0.25) is 0 Å². The Morgan fingerprint density at radius 2 is 2.04 bits per heavy atom. The van der Waals surface area contributed by atoms with Crippen LogP contribution < -0.4 is 0 Å². The lowest BCUT2D eigenvalue weighted by Gasteiger charge is -2.32. The van der Waals surface area contributed by atoms with Crippen LogP contribution in [0.1, 0.15) is 31.4 Å². The van der Waals surface area contributed by atoms with Crippen LogP contribution in [0.15, 0.2) is 41.5 Å². The number of rotatable bonds is 9. The molecule has 27 heavy (non-hydrogen) atoms. The molecule has 1 aliphatic carbocycles. The Kier molecular flexibility index (Phi) is 6.32. The molecule has 146 valence electrons. The molecule has 1 saturated heterocycles. The first kappa shape index (κ1) is 18.8. The summed E-state index contributed by atoms with van der Waals surface area (Å²) in [7, 11) is 0. The number of morpholine rings is 1. The molecule has 5 nitrogen and oxygen atoms in total.